The third-order valence-electron chi connectivity index (χ3n) is 2.19. The highest BCUT2D eigenvalue weighted by Crippen LogP contribution is 2.11. The minimum absolute atomic E-state index is 0.608. The normalized spacial score (nSPS) is 15.1. The van der Waals surface area contributed by atoms with Gasteiger partial charge in [-0.25, -0.2) is 0 Å². The van der Waals surface area contributed by atoms with E-state index in [4.69, 9.17) is 0 Å². The lowest BCUT2D eigenvalue weighted by atomic mass is 10.1. The Morgan fingerprint density at radius 3 is 2.19 bits per heavy atom. The molecule has 0 radical (unpaired) electrons. The summed E-state index contributed by atoms with van der Waals surface area (Å²) in [6.07, 6.45) is 16.9. The Balaban J connectivity index is 4.60. The van der Waals surface area contributed by atoms with E-state index in [0.717, 1.165) is 0 Å². The van der Waals surface area contributed by atoms with Crippen LogP contribution in [0.4, 0.5) is 0 Å². The third-order valence-corrected chi connectivity index (χ3v) is 2.19. The van der Waals surface area contributed by atoms with E-state index in [-0.39, 0.29) is 0 Å². The third kappa shape index (κ3) is 7.05. The summed E-state index contributed by atoms with van der Waals surface area (Å²) in [5, 5.41) is 0. The second kappa shape index (κ2) is 8.96. The molecule has 0 N–H and O–H groups in total. The Hall–Kier alpha value is -1.30. The molecule has 0 aliphatic heterocycles. The summed E-state index contributed by atoms with van der Waals surface area (Å²) in [6.45, 7) is 10.6. The van der Waals surface area contributed by atoms with Crippen LogP contribution in [0.25, 0.3) is 0 Å². The first-order valence-electron chi connectivity index (χ1n) is 5.93. The van der Waals surface area contributed by atoms with Gasteiger partial charge < -0.3 is 0 Å². The molecule has 0 spiro atoms. The maximum atomic E-state index is 2.20. The van der Waals surface area contributed by atoms with Crippen molar-refractivity contribution in [1.82, 2.24) is 0 Å². The Labute approximate surface area is 101 Å². The first kappa shape index (κ1) is 14.7. The summed E-state index contributed by atoms with van der Waals surface area (Å²) in [4.78, 5) is 0. The molecule has 0 amide bonds. The van der Waals surface area contributed by atoms with Gasteiger partial charge in [-0.2, -0.15) is 0 Å². The van der Waals surface area contributed by atoms with Gasteiger partial charge >= 0.3 is 0 Å². The van der Waals surface area contributed by atoms with Crippen LogP contribution in [0.15, 0.2) is 59.8 Å². The van der Waals surface area contributed by atoms with Gasteiger partial charge in [0.05, 0.1) is 0 Å². The smallest absolute Gasteiger partial charge is 0.0270 e. The molecule has 0 fully saturated rings. The van der Waals surface area contributed by atoms with Crippen molar-refractivity contribution < 1.29 is 0 Å². The zero-order valence-corrected chi connectivity index (χ0v) is 11.2. The molecule has 0 saturated heterocycles. The highest BCUT2D eigenvalue weighted by atomic mass is 14.0. The quantitative estimate of drug-likeness (QED) is 0.552. The summed E-state index contributed by atoms with van der Waals surface area (Å²) < 4.78 is 0. The molecule has 0 heterocycles. The number of allylic oxidation sites excluding steroid dienone is 10. The zero-order chi connectivity index (χ0) is 12.4. The Kier molecular flexibility index (Phi) is 8.24. The van der Waals surface area contributed by atoms with Crippen molar-refractivity contribution in [3.63, 3.8) is 0 Å². The summed E-state index contributed by atoms with van der Waals surface area (Å²) in [5.74, 6) is 0.608. The Morgan fingerprint density at radius 2 is 1.69 bits per heavy atom. The average Bonchev–Trinajstić information content (AvgIpc) is 2.23. The molecule has 0 aliphatic rings. The molecule has 16 heavy (non-hydrogen) atoms. The monoisotopic (exact) mass is 216 g/mol. The van der Waals surface area contributed by atoms with Crippen LogP contribution >= 0.6 is 0 Å². The molecule has 0 saturated carbocycles. The van der Waals surface area contributed by atoms with Gasteiger partial charge in [0, 0.05) is 0 Å². The van der Waals surface area contributed by atoms with E-state index in [2.05, 4.69) is 64.2 Å². The predicted molar refractivity (Wildman–Crippen MR) is 75.4 cm³/mol. The first-order valence-corrected chi connectivity index (χ1v) is 5.93. The molecule has 0 aromatic carbocycles. The molecule has 0 aromatic heterocycles. The minimum atomic E-state index is 0.608. The summed E-state index contributed by atoms with van der Waals surface area (Å²) in [7, 11) is 0. The van der Waals surface area contributed by atoms with Crippen molar-refractivity contribution in [2.45, 2.75) is 34.6 Å². The van der Waals surface area contributed by atoms with Gasteiger partial charge in [0.15, 0.2) is 0 Å². The average molecular weight is 216 g/mol. The molecule has 0 unspecified atom stereocenters. The standard InChI is InChI=1S/C16H24/c1-6-8-9-13-16(7-2)15(5)12-10-11-14(3)4/h6-14H,1-5H3/b8-6-,11-10-,13-9-,15-12+,16-7-. The van der Waals surface area contributed by atoms with Crippen molar-refractivity contribution in [2.75, 3.05) is 0 Å². The molecule has 0 nitrogen and oxygen atoms in total. The SMILES string of the molecule is C\C=C/C=C\C(=C\C)C(\C)=C\C=C/C(C)C. The van der Waals surface area contributed by atoms with Gasteiger partial charge in [0.2, 0.25) is 0 Å². The molecule has 0 aromatic rings. The Bertz CT molecular complexity index is 320. The first-order chi connectivity index (χ1) is 7.61. The Morgan fingerprint density at radius 1 is 1.00 bits per heavy atom. The van der Waals surface area contributed by atoms with E-state index >= 15 is 0 Å². The summed E-state index contributed by atoms with van der Waals surface area (Å²) in [5.41, 5.74) is 2.56. The fourth-order valence-corrected chi connectivity index (χ4v) is 1.24. The largest absolute Gasteiger partial charge is 0.0877 e. The number of hydrogen-bond acceptors (Lipinski definition) is 0. The van der Waals surface area contributed by atoms with E-state index in [1.807, 2.05) is 19.1 Å². The lowest BCUT2D eigenvalue weighted by Crippen LogP contribution is -1.81. The predicted octanol–water partition coefficient (Wildman–Crippen LogP) is 5.22. The molecule has 0 atom stereocenters. The molecular formula is C16H24. The van der Waals surface area contributed by atoms with Gasteiger partial charge in [-0.1, -0.05) is 62.5 Å². The molecule has 88 valence electrons. The van der Waals surface area contributed by atoms with Crippen molar-refractivity contribution >= 4 is 0 Å². The zero-order valence-electron chi connectivity index (χ0n) is 11.2. The lowest BCUT2D eigenvalue weighted by molar-refractivity contribution is 0.832. The van der Waals surface area contributed by atoms with Crippen LogP contribution < -0.4 is 0 Å². The van der Waals surface area contributed by atoms with Gasteiger partial charge in [-0.05, 0) is 37.8 Å². The van der Waals surface area contributed by atoms with Crippen LogP contribution in [0.5, 0.6) is 0 Å². The molecular weight excluding hydrogens is 192 g/mol. The van der Waals surface area contributed by atoms with Crippen LogP contribution in [0.2, 0.25) is 0 Å². The van der Waals surface area contributed by atoms with Gasteiger partial charge in [0.25, 0.3) is 0 Å². The van der Waals surface area contributed by atoms with Gasteiger partial charge in [-0.15, -0.1) is 0 Å². The topological polar surface area (TPSA) is 0 Å². The van der Waals surface area contributed by atoms with Crippen molar-refractivity contribution in [1.29, 1.82) is 0 Å². The highest BCUT2D eigenvalue weighted by Gasteiger charge is 1.91. The lowest BCUT2D eigenvalue weighted by Gasteiger charge is -2.00. The van der Waals surface area contributed by atoms with Gasteiger partial charge in [-0.3, -0.25) is 0 Å². The van der Waals surface area contributed by atoms with Crippen molar-refractivity contribution in [3.8, 4) is 0 Å². The fraction of sp³-hybridized carbons (Fsp3) is 0.375. The fourth-order valence-electron chi connectivity index (χ4n) is 1.24. The van der Waals surface area contributed by atoms with Crippen LogP contribution in [-0.2, 0) is 0 Å². The number of hydrogen-bond donors (Lipinski definition) is 0. The van der Waals surface area contributed by atoms with Crippen molar-refractivity contribution in [3.05, 3.63) is 59.8 Å². The van der Waals surface area contributed by atoms with E-state index in [1.54, 1.807) is 0 Å². The second-order valence-electron chi connectivity index (χ2n) is 4.11. The second-order valence-corrected chi connectivity index (χ2v) is 4.11. The van der Waals surface area contributed by atoms with Crippen LogP contribution in [-0.4, -0.2) is 0 Å². The number of rotatable bonds is 5. The van der Waals surface area contributed by atoms with Crippen LogP contribution in [0, 0.1) is 5.92 Å². The molecule has 0 aliphatic carbocycles. The maximum Gasteiger partial charge on any atom is -0.0270 e. The molecule has 0 heteroatoms. The molecule has 0 rings (SSSR count). The van der Waals surface area contributed by atoms with E-state index in [9.17, 15) is 0 Å². The molecule has 0 bridgehead atoms. The van der Waals surface area contributed by atoms with Crippen LogP contribution in [0.1, 0.15) is 34.6 Å². The van der Waals surface area contributed by atoms with E-state index in [0.29, 0.717) is 5.92 Å². The summed E-state index contributed by atoms with van der Waals surface area (Å²) >= 11 is 0. The van der Waals surface area contributed by atoms with Crippen molar-refractivity contribution in [2.24, 2.45) is 5.92 Å². The van der Waals surface area contributed by atoms with Gasteiger partial charge in [0.1, 0.15) is 0 Å². The summed E-state index contributed by atoms with van der Waals surface area (Å²) in [6, 6.07) is 0. The van der Waals surface area contributed by atoms with Crippen LogP contribution in [0.3, 0.4) is 0 Å². The maximum absolute atomic E-state index is 2.20. The minimum Gasteiger partial charge on any atom is -0.0877 e. The highest BCUT2D eigenvalue weighted by molar-refractivity contribution is 5.40. The van der Waals surface area contributed by atoms with E-state index < -0.39 is 0 Å². The van der Waals surface area contributed by atoms with E-state index in [1.165, 1.54) is 11.1 Å².